The lowest BCUT2D eigenvalue weighted by molar-refractivity contribution is -0.148. The number of carbonyl (C=O) groups excluding carboxylic acids is 1. The molecule has 1 heterocycles. The Labute approximate surface area is 119 Å². The predicted molar refractivity (Wildman–Crippen MR) is 73.4 cm³/mol. The summed E-state index contributed by atoms with van der Waals surface area (Å²) in [4.78, 5) is 24.5. The molecule has 0 radical (unpaired) electrons. The van der Waals surface area contributed by atoms with Gasteiger partial charge in [0.15, 0.2) is 0 Å². The van der Waals surface area contributed by atoms with E-state index < -0.39 is 11.9 Å². The van der Waals surface area contributed by atoms with E-state index in [4.69, 9.17) is 0 Å². The van der Waals surface area contributed by atoms with E-state index in [2.05, 4.69) is 10.1 Å². The molecule has 20 heavy (non-hydrogen) atoms. The van der Waals surface area contributed by atoms with Crippen molar-refractivity contribution in [2.75, 3.05) is 26.7 Å². The largest absolute Gasteiger partial charge is 0.481 e. The smallest absolute Gasteiger partial charge is 0.319 e. The minimum atomic E-state index is -0.780. The van der Waals surface area contributed by atoms with Gasteiger partial charge in [0.25, 0.3) is 0 Å². The first-order valence-electron chi connectivity index (χ1n) is 7.36. The molecule has 2 atom stereocenters. The second kappa shape index (κ2) is 7.04. The SMILES string of the molecule is COC(=O)CN1CC(NC2CCCC2)CC(C(=O)O)C1. The predicted octanol–water partition coefficient (Wildman–Crippen LogP) is 0.467. The summed E-state index contributed by atoms with van der Waals surface area (Å²) < 4.78 is 4.67. The van der Waals surface area contributed by atoms with Gasteiger partial charge in [-0.15, -0.1) is 0 Å². The summed E-state index contributed by atoms with van der Waals surface area (Å²) in [7, 11) is 1.36. The van der Waals surface area contributed by atoms with Crippen molar-refractivity contribution in [2.45, 2.75) is 44.2 Å². The van der Waals surface area contributed by atoms with E-state index in [1.54, 1.807) is 0 Å². The molecule has 2 aliphatic rings. The Balaban J connectivity index is 1.92. The Morgan fingerprint density at radius 3 is 2.55 bits per heavy atom. The van der Waals surface area contributed by atoms with E-state index in [1.165, 1.54) is 32.8 Å². The van der Waals surface area contributed by atoms with Crippen molar-refractivity contribution in [3.8, 4) is 0 Å². The topological polar surface area (TPSA) is 78.9 Å². The van der Waals surface area contributed by atoms with E-state index in [0.29, 0.717) is 19.0 Å². The maximum Gasteiger partial charge on any atom is 0.319 e. The van der Waals surface area contributed by atoms with Crippen LogP contribution in [-0.2, 0) is 14.3 Å². The Hall–Kier alpha value is -1.14. The van der Waals surface area contributed by atoms with Crippen LogP contribution >= 0.6 is 0 Å². The van der Waals surface area contributed by atoms with Crippen molar-refractivity contribution >= 4 is 11.9 Å². The summed E-state index contributed by atoms with van der Waals surface area (Å²) in [6.45, 7) is 1.31. The quantitative estimate of drug-likeness (QED) is 0.714. The van der Waals surface area contributed by atoms with Crippen LogP contribution in [0.4, 0.5) is 0 Å². The Bertz CT molecular complexity index is 355. The molecule has 0 aromatic carbocycles. The van der Waals surface area contributed by atoms with E-state index in [0.717, 1.165) is 6.54 Å². The van der Waals surface area contributed by atoms with Gasteiger partial charge < -0.3 is 15.2 Å². The number of rotatable bonds is 5. The summed E-state index contributed by atoms with van der Waals surface area (Å²) in [5, 5.41) is 12.8. The van der Waals surface area contributed by atoms with Gasteiger partial charge in [0.1, 0.15) is 0 Å². The number of aliphatic carboxylic acids is 1. The summed E-state index contributed by atoms with van der Waals surface area (Å²) in [6.07, 6.45) is 5.48. The number of carbonyl (C=O) groups is 2. The van der Waals surface area contributed by atoms with Crippen molar-refractivity contribution in [3.63, 3.8) is 0 Å². The lowest BCUT2D eigenvalue weighted by Gasteiger charge is -2.37. The van der Waals surface area contributed by atoms with Gasteiger partial charge >= 0.3 is 11.9 Å². The highest BCUT2D eigenvalue weighted by atomic mass is 16.5. The first-order chi connectivity index (χ1) is 9.58. The number of nitrogens with zero attached hydrogens (tertiary/aromatic N) is 1. The van der Waals surface area contributed by atoms with Gasteiger partial charge in [-0.1, -0.05) is 12.8 Å². The highest BCUT2D eigenvalue weighted by molar-refractivity contribution is 5.72. The van der Waals surface area contributed by atoms with Crippen LogP contribution in [0.1, 0.15) is 32.1 Å². The van der Waals surface area contributed by atoms with E-state index in [1.807, 2.05) is 4.90 Å². The van der Waals surface area contributed by atoms with Crippen LogP contribution in [0.25, 0.3) is 0 Å². The van der Waals surface area contributed by atoms with Crippen molar-refractivity contribution in [1.82, 2.24) is 10.2 Å². The van der Waals surface area contributed by atoms with Crippen molar-refractivity contribution in [1.29, 1.82) is 0 Å². The standard InChI is InChI=1S/C14H24N2O4/c1-20-13(17)9-16-7-10(14(18)19)6-12(8-16)15-11-4-2-3-5-11/h10-12,15H,2-9H2,1H3,(H,18,19). The molecule has 2 N–H and O–H groups in total. The highest BCUT2D eigenvalue weighted by Gasteiger charge is 2.33. The van der Waals surface area contributed by atoms with Gasteiger partial charge in [-0.05, 0) is 19.3 Å². The number of likely N-dealkylation sites (tertiary alicyclic amines) is 1. The van der Waals surface area contributed by atoms with E-state index in [-0.39, 0.29) is 18.6 Å². The molecule has 1 saturated heterocycles. The third-order valence-electron chi connectivity index (χ3n) is 4.28. The normalized spacial score (nSPS) is 28.4. The Kier molecular flexibility index (Phi) is 5.37. The van der Waals surface area contributed by atoms with E-state index >= 15 is 0 Å². The summed E-state index contributed by atoms with van der Waals surface area (Å²) in [5.41, 5.74) is 0. The van der Waals surface area contributed by atoms with Crippen LogP contribution in [0.15, 0.2) is 0 Å². The molecule has 114 valence electrons. The fraction of sp³-hybridized carbons (Fsp3) is 0.857. The zero-order chi connectivity index (χ0) is 14.5. The molecule has 6 heteroatoms. The summed E-state index contributed by atoms with van der Waals surface area (Å²) in [6, 6.07) is 0.658. The summed E-state index contributed by atoms with van der Waals surface area (Å²) >= 11 is 0. The molecule has 0 spiro atoms. The summed E-state index contributed by atoms with van der Waals surface area (Å²) in [5.74, 6) is -1.50. The molecule has 2 rings (SSSR count). The van der Waals surface area contributed by atoms with Gasteiger partial charge in [-0.2, -0.15) is 0 Å². The van der Waals surface area contributed by atoms with Crippen LogP contribution in [0.5, 0.6) is 0 Å². The van der Waals surface area contributed by atoms with Crippen LogP contribution < -0.4 is 5.32 Å². The van der Waals surface area contributed by atoms with Gasteiger partial charge in [0.05, 0.1) is 19.6 Å². The maximum atomic E-state index is 11.4. The van der Waals surface area contributed by atoms with E-state index in [9.17, 15) is 14.7 Å². The third kappa shape index (κ3) is 4.18. The number of carboxylic acid groups (broad SMARTS) is 1. The lowest BCUT2D eigenvalue weighted by atomic mass is 9.93. The molecule has 1 aliphatic heterocycles. The van der Waals surface area contributed by atoms with Crippen LogP contribution in [-0.4, -0.2) is 60.8 Å². The Morgan fingerprint density at radius 1 is 1.25 bits per heavy atom. The molecule has 1 aliphatic carbocycles. The fourth-order valence-corrected chi connectivity index (χ4v) is 3.29. The number of esters is 1. The number of ether oxygens (including phenoxy) is 1. The molecule has 6 nitrogen and oxygen atoms in total. The molecule has 0 aromatic rings. The van der Waals surface area contributed by atoms with Gasteiger partial charge in [-0.25, -0.2) is 0 Å². The van der Waals surface area contributed by atoms with Gasteiger partial charge in [0, 0.05) is 25.2 Å². The number of hydrogen-bond donors (Lipinski definition) is 2. The van der Waals surface area contributed by atoms with Crippen LogP contribution in [0.3, 0.4) is 0 Å². The minimum Gasteiger partial charge on any atom is -0.481 e. The first-order valence-corrected chi connectivity index (χ1v) is 7.36. The minimum absolute atomic E-state index is 0.151. The Morgan fingerprint density at radius 2 is 1.95 bits per heavy atom. The molecule has 0 bridgehead atoms. The zero-order valence-electron chi connectivity index (χ0n) is 12.0. The first kappa shape index (κ1) is 15.3. The van der Waals surface area contributed by atoms with Crippen molar-refractivity contribution in [2.24, 2.45) is 5.92 Å². The molecule has 2 unspecified atom stereocenters. The molecule has 0 aromatic heterocycles. The molecule has 1 saturated carbocycles. The van der Waals surface area contributed by atoms with Crippen molar-refractivity contribution in [3.05, 3.63) is 0 Å². The fourth-order valence-electron chi connectivity index (χ4n) is 3.29. The average molecular weight is 284 g/mol. The average Bonchev–Trinajstić information content (AvgIpc) is 2.91. The second-order valence-corrected chi connectivity index (χ2v) is 5.89. The van der Waals surface area contributed by atoms with Gasteiger partial charge in [-0.3, -0.25) is 14.5 Å². The lowest BCUT2D eigenvalue weighted by Crippen LogP contribution is -2.54. The van der Waals surface area contributed by atoms with Crippen molar-refractivity contribution < 1.29 is 19.4 Å². The maximum absolute atomic E-state index is 11.4. The molecule has 2 fully saturated rings. The molecule has 0 amide bonds. The van der Waals surface area contributed by atoms with Crippen LogP contribution in [0, 0.1) is 5.92 Å². The van der Waals surface area contributed by atoms with Gasteiger partial charge in [0.2, 0.25) is 0 Å². The van der Waals surface area contributed by atoms with Crippen LogP contribution in [0.2, 0.25) is 0 Å². The number of piperidine rings is 1. The second-order valence-electron chi connectivity index (χ2n) is 5.89. The number of methoxy groups -OCH3 is 1. The highest BCUT2D eigenvalue weighted by Crippen LogP contribution is 2.22. The zero-order valence-corrected chi connectivity index (χ0v) is 12.0. The molecular formula is C14H24N2O4. The number of hydrogen-bond acceptors (Lipinski definition) is 5. The number of nitrogens with one attached hydrogen (secondary N) is 1. The third-order valence-corrected chi connectivity index (χ3v) is 4.28. The molecular weight excluding hydrogens is 260 g/mol. The number of carboxylic acids is 1. The monoisotopic (exact) mass is 284 g/mol.